The highest BCUT2D eigenvalue weighted by Crippen LogP contribution is 2.35. The van der Waals surface area contributed by atoms with E-state index in [1.807, 2.05) is 12.1 Å². The van der Waals surface area contributed by atoms with Crippen molar-refractivity contribution in [3.8, 4) is 11.5 Å². The standard InChI is InChI=1S/C13H20N2O2/c1-15(2)8-4-7-14-9-11-5-3-6-12-13(11)17-10-16-12/h3,5-6,14H,4,7-10H2,1-2H3. The second-order valence-corrected chi connectivity index (χ2v) is 4.48. The molecule has 0 radical (unpaired) electrons. The SMILES string of the molecule is CN(C)CCCNCc1cccc2c1OCO2. The van der Waals surface area contributed by atoms with E-state index in [4.69, 9.17) is 9.47 Å². The van der Waals surface area contributed by atoms with E-state index in [9.17, 15) is 0 Å². The molecule has 0 spiro atoms. The fourth-order valence-corrected chi connectivity index (χ4v) is 1.87. The number of ether oxygens (including phenoxy) is 2. The van der Waals surface area contributed by atoms with Gasteiger partial charge in [-0.25, -0.2) is 0 Å². The molecule has 0 amide bonds. The van der Waals surface area contributed by atoms with Crippen molar-refractivity contribution in [1.29, 1.82) is 0 Å². The number of para-hydroxylation sites is 1. The summed E-state index contributed by atoms with van der Waals surface area (Å²) in [7, 11) is 4.19. The van der Waals surface area contributed by atoms with Gasteiger partial charge in [-0.2, -0.15) is 0 Å². The molecule has 2 rings (SSSR count). The Morgan fingerprint density at radius 3 is 3.00 bits per heavy atom. The molecule has 4 nitrogen and oxygen atoms in total. The molecule has 1 aromatic carbocycles. The van der Waals surface area contributed by atoms with Gasteiger partial charge in [0.15, 0.2) is 11.5 Å². The Labute approximate surface area is 103 Å². The average Bonchev–Trinajstić information content (AvgIpc) is 2.77. The maximum absolute atomic E-state index is 5.45. The fraction of sp³-hybridized carbons (Fsp3) is 0.538. The maximum Gasteiger partial charge on any atom is 0.231 e. The number of nitrogens with zero attached hydrogens (tertiary/aromatic N) is 1. The fourth-order valence-electron chi connectivity index (χ4n) is 1.87. The van der Waals surface area contributed by atoms with Crippen LogP contribution in [0.15, 0.2) is 18.2 Å². The van der Waals surface area contributed by atoms with Crippen LogP contribution in [0.2, 0.25) is 0 Å². The Hall–Kier alpha value is -1.26. The largest absolute Gasteiger partial charge is 0.454 e. The van der Waals surface area contributed by atoms with Crippen LogP contribution in [-0.2, 0) is 6.54 Å². The molecule has 94 valence electrons. The van der Waals surface area contributed by atoms with Crippen LogP contribution < -0.4 is 14.8 Å². The molecule has 0 fully saturated rings. The molecule has 0 saturated heterocycles. The second kappa shape index (κ2) is 5.89. The highest BCUT2D eigenvalue weighted by atomic mass is 16.7. The molecule has 1 aliphatic rings. The molecule has 0 bridgehead atoms. The average molecular weight is 236 g/mol. The summed E-state index contributed by atoms with van der Waals surface area (Å²) in [5.41, 5.74) is 1.17. The van der Waals surface area contributed by atoms with Crippen LogP contribution >= 0.6 is 0 Å². The van der Waals surface area contributed by atoms with Gasteiger partial charge in [0.2, 0.25) is 6.79 Å². The van der Waals surface area contributed by atoms with Crippen molar-refractivity contribution in [3.05, 3.63) is 23.8 Å². The first-order chi connectivity index (χ1) is 8.27. The third-order valence-corrected chi connectivity index (χ3v) is 2.75. The normalized spacial score (nSPS) is 13.4. The predicted molar refractivity (Wildman–Crippen MR) is 67.4 cm³/mol. The van der Waals surface area contributed by atoms with Crippen molar-refractivity contribution >= 4 is 0 Å². The zero-order chi connectivity index (χ0) is 12.1. The first-order valence-corrected chi connectivity index (χ1v) is 6.00. The first kappa shape index (κ1) is 12.2. The van der Waals surface area contributed by atoms with Crippen molar-refractivity contribution in [1.82, 2.24) is 10.2 Å². The number of hydrogen-bond donors (Lipinski definition) is 1. The smallest absolute Gasteiger partial charge is 0.231 e. The summed E-state index contributed by atoms with van der Waals surface area (Å²) in [4.78, 5) is 2.19. The van der Waals surface area contributed by atoms with Crippen molar-refractivity contribution in [2.75, 3.05) is 34.0 Å². The van der Waals surface area contributed by atoms with Crippen LogP contribution in [0, 0.1) is 0 Å². The van der Waals surface area contributed by atoms with Gasteiger partial charge in [0, 0.05) is 12.1 Å². The Morgan fingerprint density at radius 2 is 2.18 bits per heavy atom. The number of fused-ring (bicyclic) bond motifs is 1. The molecule has 0 atom stereocenters. The lowest BCUT2D eigenvalue weighted by Gasteiger charge is -2.10. The van der Waals surface area contributed by atoms with Gasteiger partial charge in [0.25, 0.3) is 0 Å². The van der Waals surface area contributed by atoms with Crippen LogP contribution in [0.25, 0.3) is 0 Å². The van der Waals surface area contributed by atoms with E-state index in [0.717, 1.165) is 37.6 Å². The number of hydrogen-bond acceptors (Lipinski definition) is 4. The van der Waals surface area contributed by atoms with Crippen molar-refractivity contribution in [2.24, 2.45) is 0 Å². The summed E-state index contributed by atoms with van der Waals surface area (Å²) in [5.74, 6) is 1.75. The molecule has 1 N–H and O–H groups in total. The van der Waals surface area contributed by atoms with E-state index in [-0.39, 0.29) is 0 Å². The summed E-state index contributed by atoms with van der Waals surface area (Å²) in [6.07, 6.45) is 1.15. The molecule has 1 aliphatic heterocycles. The van der Waals surface area contributed by atoms with Crippen molar-refractivity contribution < 1.29 is 9.47 Å². The molecule has 1 aromatic rings. The van der Waals surface area contributed by atoms with E-state index in [1.54, 1.807) is 0 Å². The summed E-state index contributed by atoms with van der Waals surface area (Å²) < 4.78 is 10.8. The van der Waals surface area contributed by atoms with Gasteiger partial charge in [-0.05, 0) is 39.7 Å². The molecule has 4 heteroatoms. The Bertz CT molecular complexity index is 366. The molecule has 17 heavy (non-hydrogen) atoms. The van der Waals surface area contributed by atoms with Gasteiger partial charge in [0.05, 0.1) is 0 Å². The Morgan fingerprint density at radius 1 is 1.29 bits per heavy atom. The van der Waals surface area contributed by atoms with Gasteiger partial charge in [-0.1, -0.05) is 12.1 Å². The lowest BCUT2D eigenvalue weighted by molar-refractivity contribution is 0.173. The molecular weight excluding hydrogens is 216 g/mol. The minimum Gasteiger partial charge on any atom is -0.454 e. The van der Waals surface area contributed by atoms with Gasteiger partial charge >= 0.3 is 0 Å². The van der Waals surface area contributed by atoms with E-state index in [0.29, 0.717) is 6.79 Å². The third-order valence-electron chi connectivity index (χ3n) is 2.75. The van der Waals surface area contributed by atoms with Crippen LogP contribution in [0.3, 0.4) is 0 Å². The monoisotopic (exact) mass is 236 g/mol. The quantitative estimate of drug-likeness (QED) is 0.758. The van der Waals surface area contributed by atoms with Gasteiger partial charge in [-0.15, -0.1) is 0 Å². The Kier molecular flexibility index (Phi) is 4.23. The van der Waals surface area contributed by atoms with Crippen LogP contribution in [0.4, 0.5) is 0 Å². The molecule has 0 aromatic heterocycles. The first-order valence-electron chi connectivity index (χ1n) is 6.00. The molecule has 1 heterocycles. The van der Waals surface area contributed by atoms with Crippen LogP contribution in [0.1, 0.15) is 12.0 Å². The highest BCUT2D eigenvalue weighted by molar-refractivity contribution is 5.48. The molecule has 0 saturated carbocycles. The van der Waals surface area contributed by atoms with Crippen molar-refractivity contribution in [3.63, 3.8) is 0 Å². The lowest BCUT2D eigenvalue weighted by atomic mass is 10.2. The Balaban J connectivity index is 1.78. The summed E-state index contributed by atoms with van der Waals surface area (Å²) in [5, 5.41) is 3.42. The van der Waals surface area contributed by atoms with E-state index >= 15 is 0 Å². The van der Waals surface area contributed by atoms with Gasteiger partial charge in [0.1, 0.15) is 0 Å². The highest BCUT2D eigenvalue weighted by Gasteiger charge is 2.16. The topological polar surface area (TPSA) is 33.7 Å². The summed E-state index contributed by atoms with van der Waals surface area (Å²) in [6.45, 7) is 3.30. The summed E-state index contributed by atoms with van der Waals surface area (Å²) in [6, 6.07) is 6.02. The predicted octanol–water partition coefficient (Wildman–Crippen LogP) is 1.46. The van der Waals surface area contributed by atoms with E-state index < -0.39 is 0 Å². The maximum atomic E-state index is 5.45. The zero-order valence-corrected chi connectivity index (χ0v) is 10.5. The van der Waals surface area contributed by atoms with E-state index in [1.165, 1.54) is 5.56 Å². The number of nitrogens with one attached hydrogen (secondary N) is 1. The van der Waals surface area contributed by atoms with Crippen LogP contribution in [0.5, 0.6) is 11.5 Å². The van der Waals surface area contributed by atoms with Crippen LogP contribution in [-0.4, -0.2) is 38.9 Å². The molecule has 0 aliphatic carbocycles. The second-order valence-electron chi connectivity index (χ2n) is 4.48. The lowest BCUT2D eigenvalue weighted by Crippen LogP contribution is -2.21. The van der Waals surface area contributed by atoms with Gasteiger partial charge < -0.3 is 19.7 Å². The van der Waals surface area contributed by atoms with Crippen molar-refractivity contribution in [2.45, 2.75) is 13.0 Å². The van der Waals surface area contributed by atoms with Gasteiger partial charge in [-0.3, -0.25) is 0 Å². The number of benzene rings is 1. The third kappa shape index (κ3) is 3.35. The summed E-state index contributed by atoms with van der Waals surface area (Å²) >= 11 is 0. The number of rotatable bonds is 6. The minimum absolute atomic E-state index is 0.340. The molecule has 0 unspecified atom stereocenters. The van der Waals surface area contributed by atoms with E-state index in [2.05, 4.69) is 30.4 Å². The minimum atomic E-state index is 0.340. The zero-order valence-electron chi connectivity index (χ0n) is 10.5. The molecular formula is C13H20N2O2.